The zero-order valence-corrected chi connectivity index (χ0v) is 14.2. The molecular formula is C16H22N6O2. The van der Waals surface area contributed by atoms with Gasteiger partial charge in [-0.05, 0) is 19.8 Å². The highest BCUT2D eigenvalue weighted by Crippen LogP contribution is 2.40. The molecule has 1 aliphatic rings. The Hall–Kier alpha value is -2.64. The van der Waals surface area contributed by atoms with Crippen LogP contribution in [0.25, 0.3) is 0 Å². The highest BCUT2D eigenvalue weighted by Gasteiger charge is 2.28. The van der Waals surface area contributed by atoms with Crippen LogP contribution in [0.3, 0.4) is 0 Å². The molecule has 0 aliphatic heterocycles. The first-order valence-electron chi connectivity index (χ1n) is 8.04. The molecule has 2 heterocycles. The van der Waals surface area contributed by atoms with Gasteiger partial charge in [-0.3, -0.25) is 4.79 Å². The van der Waals surface area contributed by atoms with E-state index in [9.17, 15) is 4.79 Å². The van der Waals surface area contributed by atoms with Crippen LogP contribution in [0.4, 0.5) is 11.8 Å². The third kappa shape index (κ3) is 4.01. The Bertz CT molecular complexity index is 723. The van der Waals surface area contributed by atoms with Crippen molar-refractivity contribution < 1.29 is 9.32 Å². The maximum absolute atomic E-state index is 12.0. The quantitative estimate of drug-likeness (QED) is 0.744. The number of hydrogen-bond donors (Lipinski definition) is 2. The molecule has 1 fully saturated rings. The normalized spacial score (nSPS) is 13.6. The van der Waals surface area contributed by atoms with E-state index in [1.165, 1.54) is 0 Å². The predicted octanol–water partition coefficient (Wildman–Crippen LogP) is 1.56. The number of nitrogens with one attached hydrogen (secondary N) is 2. The fraction of sp³-hybridized carbons (Fsp3) is 0.500. The maximum Gasteiger partial charge on any atom is 0.273 e. The minimum absolute atomic E-state index is 0.230. The van der Waals surface area contributed by atoms with Gasteiger partial charge in [0.1, 0.15) is 11.6 Å². The molecule has 24 heavy (non-hydrogen) atoms. The highest BCUT2D eigenvalue weighted by atomic mass is 16.5. The van der Waals surface area contributed by atoms with Crippen molar-refractivity contribution in [1.82, 2.24) is 20.4 Å². The molecule has 8 heteroatoms. The van der Waals surface area contributed by atoms with Crippen LogP contribution >= 0.6 is 0 Å². The lowest BCUT2D eigenvalue weighted by molar-refractivity contribution is 0.0946. The number of carbonyl (C=O) groups is 1. The minimum Gasteiger partial charge on any atom is -0.363 e. The van der Waals surface area contributed by atoms with E-state index in [1.54, 1.807) is 6.07 Å². The van der Waals surface area contributed by atoms with Gasteiger partial charge in [-0.1, -0.05) is 5.16 Å². The van der Waals surface area contributed by atoms with Crippen LogP contribution in [0.15, 0.2) is 16.7 Å². The maximum atomic E-state index is 12.0. The van der Waals surface area contributed by atoms with Gasteiger partial charge in [0.15, 0.2) is 5.69 Å². The van der Waals surface area contributed by atoms with Crippen LogP contribution in [0, 0.1) is 6.92 Å². The summed E-state index contributed by atoms with van der Waals surface area (Å²) in [6, 6.07) is 3.64. The summed E-state index contributed by atoms with van der Waals surface area (Å²) in [6.45, 7) is 2.89. The number of hydrogen-bond acceptors (Lipinski definition) is 7. The Kier molecular flexibility index (Phi) is 4.64. The summed E-state index contributed by atoms with van der Waals surface area (Å²) in [4.78, 5) is 22.7. The monoisotopic (exact) mass is 330 g/mol. The number of amides is 1. The zero-order valence-electron chi connectivity index (χ0n) is 14.2. The van der Waals surface area contributed by atoms with Crippen LogP contribution in [0.5, 0.6) is 0 Å². The van der Waals surface area contributed by atoms with Gasteiger partial charge < -0.3 is 20.1 Å². The molecule has 0 aromatic carbocycles. The number of anilines is 2. The van der Waals surface area contributed by atoms with Crippen molar-refractivity contribution in [1.29, 1.82) is 0 Å². The van der Waals surface area contributed by atoms with E-state index < -0.39 is 0 Å². The van der Waals surface area contributed by atoms with Gasteiger partial charge in [0.25, 0.3) is 5.91 Å². The first kappa shape index (κ1) is 16.2. The molecule has 1 saturated carbocycles. The average molecular weight is 330 g/mol. The summed E-state index contributed by atoms with van der Waals surface area (Å²) in [6.07, 6.45) is 2.23. The van der Waals surface area contributed by atoms with Crippen LogP contribution in [0.1, 0.15) is 40.7 Å². The van der Waals surface area contributed by atoms with Gasteiger partial charge in [-0.2, -0.15) is 4.98 Å². The number of carbonyl (C=O) groups excluding carboxylic acids is 1. The summed E-state index contributed by atoms with van der Waals surface area (Å²) in [5.41, 5.74) is 1.22. The van der Waals surface area contributed by atoms with Crippen molar-refractivity contribution in [2.24, 2.45) is 0 Å². The van der Waals surface area contributed by atoms with E-state index in [0.29, 0.717) is 30.6 Å². The molecule has 128 valence electrons. The molecule has 0 spiro atoms. The zero-order chi connectivity index (χ0) is 17.1. The second-order valence-corrected chi connectivity index (χ2v) is 6.16. The molecule has 3 rings (SSSR count). The van der Waals surface area contributed by atoms with Crippen molar-refractivity contribution in [3.63, 3.8) is 0 Å². The van der Waals surface area contributed by atoms with Gasteiger partial charge in [-0.25, -0.2) is 4.98 Å². The third-order valence-corrected chi connectivity index (χ3v) is 3.73. The summed E-state index contributed by atoms with van der Waals surface area (Å²) in [7, 11) is 3.86. The lowest BCUT2D eigenvalue weighted by atomic mass is 10.3. The lowest BCUT2D eigenvalue weighted by Gasteiger charge is -2.13. The molecular weight excluding hydrogens is 308 g/mol. The largest absolute Gasteiger partial charge is 0.363 e. The minimum atomic E-state index is -0.230. The van der Waals surface area contributed by atoms with Crippen molar-refractivity contribution in [3.05, 3.63) is 29.3 Å². The Morgan fingerprint density at radius 3 is 2.79 bits per heavy atom. The number of nitrogens with zero attached hydrogens (tertiary/aromatic N) is 4. The van der Waals surface area contributed by atoms with Gasteiger partial charge in [0.05, 0.1) is 0 Å². The van der Waals surface area contributed by atoms with Crippen molar-refractivity contribution in [2.45, 2.75) is 25.7 Å². The third-order valence-electron chi connectivity index (χ3n) is 3.73. The van der Waals surface area contributed by atoms with Gasteiger partial charge in [-0.15, -0.1) is 0 Å². The van der Waals surface area contributed by atoms with E-state index in [2.05, 4.69) is 25.8 Å². The summed E-state index contributed by atoms with van der Waals surface area (Å²) in [5.74, 6) is 2.41. The van der Waals surface area contributed by atoms with Crippen LogP contribution in [-0.2, 0) is 0 Å². The Morgan fingerprint density at radius 1 is 1.29 bits per heavy atom. The molecule has 0 saturated heterocycles. The predicted molar refractivity (Wildman–Crippen MR) is 90.4 cm³/mol. The molecule has 8 nitrogen and oxygen atoms in total. The Labute approximate surface area is 140 Å². The molecule has 1 aliphatic carbocycles. The second kappa shape index (κ2) is 6.86. The fourth-order valence-electron chi connectivity index (χ4n) is 2.26. The highest BCUT2D eigenvalue weighted by molar-refractivity contribution is 5.92. The summed E-state index contributed by atoms with van der Waals surface area (Å²) in [5, 5.41) is 9.74. The van der Waals surface area contributed by atoms with Crippen molar-refractivity contribution in [2.75, 3.05) is 37.4 Å². The fourth-order valence-corrected chi connectivity index (χ4v) is 2.26. The number of aromatic nitrogens is 3. The van der Waals surface area contributed by atoms with Gasteiger partial charge in [0, 0.05) is 50.9 Å². The van der Waals surface area contributed by atoms with Crippen LogP contribution < -0.4 is 15.5 Å². The Morgan fingerprint density at radius 2 is 2.08 bits per heavy atom. The number of aryl methyl sites for hydroxylation is 1. The molecule has 2 aromatic heterocycles. The summed E-state index contributed by atoms with van der Waals surface area (Å²) < 4.78 is 5.18. The molecule has 0 radical (unpaired) electrons. The Balaban J connectivity index is 1.47. The van der Waals surface area contributed by atoms with E-state index >= 15 is 0 Å². The molecule has 1 amide bonds. The van der Waals surface area contributed by atoms with E-state index in [4.69, 9.17) is 4.52 Å². The summed E-state index contributed by atoms with van der Waals surface area (Å²) >= 11 is 0. The first-order chi connectivity index (χ1) is 11.5. The van der Waals surface area contributed by atoms with Crippen molar-refractivity contribution in [3.8, 4) is 0 Å². The molecule has 0 bridgehead atoms. The smallest absolute Gasteiger partial charge is 0.273 e. The SMILES string of the molecule is Cc1cc(N(C)C)nc(NCCNC(=O)c2cc(C3CC3)on2)n1. The molecule has 2 N–H and O–H groups in total. The van der Waals surface area contributed by atoms with Crippen LogP contribution in [0.2, 0.25) is 0 Å². The average Bonchev–Trinajstić information content (AvgIpc) is 3.28. The van der Waals surface area contributed by atoms with Crippen LogP contribution in [-0.4, -0.2) is 48.2 Å². The molecule has 2 aromatic rings. The lowest BCUT2D eigenvalue weighted by Crippen LogP contribution is -2.29. The van der Waals surface area contributed by atoms with Crippen molar-refractivity contribution >= 4 is 17.7 Å². The van der Waals surface area contributed by atoms with E-state index in [0.717, 1.165) is 30.1 Å². The van der Waals surface area contributed by atoms with Gasteiger partial charge in [0.2, 0.25) is 5.95 Å². The topological polar surface area (TPSA) is 96.2 Å². The van der Waals surface area contributed by atoms with Gasteiger partial charge >= 0.3 is 0 Å². The number of rotatable bonds is 7. The second-order valence-electron chi connectivity index (χ2n) is 6.16. The van der Waals surface area contributed by atoms with E-state index in [-0.39, 0.29) is 5.91 Å². The molecule has 0 unspecified atom stereocenters. The van der Waals surface area contributed by atoms with E-state index in [1.807, 2.05) is 32.0 Å². The molecule has 0 atom stereocenters. The first-order valence-corrected chi connectivity index (χ1v) is 8.04. The standard InChI is InChI=1S/C16H22N6O2/c1-10-8-14(22(2)3)20-16(19-10)18-7-6-17-15(23)12-9-13(24-21-12)11-4-5-11/h8-9,11H,4-7H2,1-3H3,(H,17,23)(H,18,19,20).